The highest BCUT2D eigenvalue weighted by Gasteiger charge is 2.26. The van der Waals surface area contributed by atoms with E-state index in [2.05, 4.69) is 18.3 Å². The quantitative estimate of drug-likeness (QED) is 0.491. The number of carbonyl (C=O) groups excluding carboxylic acids is 1. The molecule has 0 aliphatic carbocycles. The number of methoxy groups -OCH3 is 1. The maximum absolute atomic E-state index is 13.0. The molecule has 2 aromatic carbocycles. The molecule has 29 heavy (non-hydrogen) atoms. The summed E-state index contributed by atoms with van der Waals surface area (Å²) in [6.45, 7) is 6.01. The van der Waals surface area contributed by atoms with Crippen LogP contribution < -0.4 is 14.6 Å². The molecule has 2 aromatic heterocycles. The molecule has 0 fully saturated rings. The van der Waals surface area contributed by atoms with Crippen molar-refractivity contribution >= 4 is 33.5 Å². The third-order valence-electron chi connectivity index (χ3n) is 5.41. The predicted molar refractivity (Wildman–Crippen MR) is 114 cm³/mol. The topological polar surface area (TPSA) is 55.3 Å². The molecule has 0 saturated carbocycles. The zero-order chi connectivity index (χ0) is 20.5. The Kier molecular flexibility index (Phi) is 4.97. The van der Waals surface area contributed by atoms with Crippen LogP contribution >= 0.6 is 0 Å². The first-order valence-corrected chi connectivity index (χ1v) is 9.82. The number of fused-ring (bicyclic) bond motifs is 3. The standard InChI is InChI=1S/C24H24N2O3/c1-5-17-11-10-15(2)26(14-17)16(3)24(27)25-20-13-22-19(12-23(20)28-4)18-8-6-7-9-21(18)29-22/h6-14,16H,5H2,1-4H3/p+1/t16-/m1/s1. The third-order valence-corrected chi connectivity index (χ3v) is 5.41. The number of aryl methyl sites for hydroxylation is 2. The number of rotatable bonds is 5. The van der Waals surface area contributed by atoms with E-state index in [4.69, 9.17) is 9.15 Å². The number of furan rings is 1. The van der Waals surface area contributed by atoms with Crippen LogP contribution in [0.2, 0.25) is 0 Å². The monoisotopic (exact) mass is 389 g/mol. The number of pyridine rings is 1. The first-order valence-electron chi connectivity index (χ1n) is 9.82. The molecule has 0 saturated heterocycles. The molecule has 0 radical (unpaired) electrons. The van der Waals surface area contributed by atoms with Crippen LogP contribution in [0.25, 0.3) is 21.9 Å². The lowest BCUT2D eigenvalue weighted by molar-refractivity contribution is -0.711. The maximum Gasteiger partial charge on any atom is 0.293 e. The number of ether oxygens (including phenoxy) is 1. The van der Waals surface area contributed by atoms with Crippen molar-refractivity contribution in [1.29, 1.82) is 0 Å². The Balaban J connectivity index is 1.69. The smallest absolute Gasteiger partial charge is 0.293 e. The lowest BCUT2D eigenvalue weighted by atomic mass is 10.1. The molecule has 0 spiro atoms. The summed E-state index contributed by atoms with van der Waals surface area (Å²) in [4.78, 5) is 13.0. The van der Waals surface area contributed by atoms with Crippen molar-refractivity contribution in [3.63, 3.8) is 0 Å². The molecule has 0 aliphatic heterocycles. The molecule has 5 heteroatoms. The van der Waals surface area contributed by atoms with Crippen LogP contribution in [0, 0.1) is 6.92 Å². The summed E-state index contributed by atoms with van der Waals surface area (Å²) >= 11 is 0. The van der Waals surface area contributed by atoms with E-state index >= 15 is 0 Å². The highest BCUT2D eigenvalue weighted by molar-refractivity contribution is 6.07. The van der Waals surface area contributed by atoms with Crippen LogP contribution in [0.15, 0.2) is 59.1 Å². The van der Waals surface area contributed by atoms with Crippen molar-refractivity contribution in [3.8, 4) is 5.75 Å². The highest BCUT2D eigenvalue weighted by Crippen LogP contribution is 2.36. The molecule has 4 aromatic rings. The molecule has 1 atom stereocenters. The Labute approximate surface area is 169 Å². The SMILES string of the molecule is CCc1ccc(C)[n+]([C@H](C)C(=O)Nc2cc3oc4ccccc4c3cc2OC)c1. The Morgan fingerprint density at radius 2 is 1.93 bits per heavy atom. The number of hydrogen-bond donors (Lipinski definition) is 1. The van der Waals surface area contributed by atoms with Gasteiger partial charge in [0.25, 0.3) is 5.91 Å². The molecule has 4 rings (SSSR count). The second kappa shape index (κ2) is 7.59. The van der Waals surface area contributed by atoms with Gasteiger partial charge in [-0.1, -0.05) is 25.1 Å². The van der Waals surface area contributed by atoms with Crippen molar-refractivity contribution in [1.82, 2.24) is 0 Å². The number of para-hydroxylation sites is 1. The third kappa shape index (κ3) is 3.44. The maximum atomic E-state index is 13.0. The van der Waals surface area contributed by atoms with Crippen molar-refractivity contribution in [3.05, 3.63) is 66.0 Å². The first-order chi connectivity index (χ1) is 14.0. The van der Waals surface area contributed by atoms with E-state index in [1.807, 2.05) is 67.1 Å². The van der Waals surface area contributed by atoms with Gasteiger partial charge in [0, 0.05) is 42.3 Å². The number of amides is 1. The zero-order valence-corrected chi connectivity index (χ0v) is 17.2. The summed E-state index contributed by atoms with van der Waals surface area (Å²) in [7, 11) is 1.60. The Hall–Kier alpha value is -3.34. The molecule has 0 bridgehead atoms. The zero-order valence-electron chi connectivity index (χ0n) is 17.2. The lowest BCUT2D eigenvalue weighted by Crippen LogP contribution is -2.47. The van der Waals surface area contributed by atoms with E-state index in [9.17, 15) is 4.79 Å². The number of nitrogens with one attached hydrogen (secondary N) is 1. The molecule has 5 nitrogen and oxygen atoms in total. The van der Waals surface area contributed by atoms with Crippen LogP contribution in [0.1, 0.15) is 31.1 Å². The number of hydrogen-bond acceptors (Lipinski definition) is 3. The van der Waals surface area contributed by atoms with Gasteiger partial charge in [0.05, 0.1) is 12.8 Å². The van der Waals surface area contributed by atoms with Gasteiger partial charge in [-0.05, 0) is 24.6 Å². The molecule has 1 amide bonds. The van der Waals surface area contributed by atoms with Crippen LogP contribution in [0.3, 0.4) is 0 Å². The van der Waals surface area contributed by atoms with Crippen molar-refractivity contribution in [2.45, 2.75) is 33.2 Å². The van der Waals surface area contributed by atoms with E-state index in [1.165, 1.54) is 5.56 Å². The van der Waals surface area contributed by atoms with Gasteiger partial charge in [-0.2, -0.15) is 4.57 Å². The number of benzene rings is 2. The first kappa shape index (κ1) is 19.0. The van der Waals surface area contributed by atoms with E-state index < -0.39 is 0 Å². The van der Waals surface area contributed by atoms with E-state index in [1.54, 1.807) is 7.11 Å². The van der Waals surface area contributed by atoms with Gasteiger partial charge in [-0.25, -0.2) is 0 Å². The average Bonchev–Trinajstić information content (AvgIpc) is 3.10. The van der Waals surface area contributed by atoms with Crippen LogP contribution in [-0.2, 0) is 11.2 Å². The van der Waals surface area contributed by atoms with Gasteiger partial charge in [-0.15, -0.1) is 0 Å². The number of anilines is 1. The summed E-state index contributed by atoms with van der Waals surface area (Å²) in [5.74, 6) is 0.494. The summed E-state index contributed by atoms with van der Waals surface area (Å²) in [5, 5.41) is 5.00. The Morgan fingerprint density at radius 3 is 2.69 bits per heavy atom. The van der Waals surface area contributed by atoms with Crippen molar-refractivity contribution in [2.24, 2.45) is 0 Å². The van der Waals surface area contributed by atoms with Crippen LogP contribution in [0.5, 0.6) is 5.75 Å². The molecule has 2 heterocycles. The van der Waals surface area contributed by atoms with Crippen LogP contribution in [-0.4, -0.2) is 13.0 Å². The normalized spacial score (nSPS) is 12.3. The second-order valence-corrected chi connectivity index (χ2v) is 7.25. The Bertz CT molecular complexity index is 1210. The second-order valence-electron chi connectivity index (χ2n) is 7.25. The van der Waals surface area contributed by atoms with E-state index in [-0.39, 0.29) is 11.9 Å². The molecule has 0 unspecified atom stereocenters. The van der Waals surface area contributed by atoms with Crippen molar-refractivity contribution < 1.29 is 18.5 Å². The Morgan fingerprint density at radius 1 is 1.14 bits per heavy atom. The number of nitrogens with zero attached hydrogens (tertiary/aromatic N) is 1. The number of aromatic nitrogens is 1. The van der Waals surface area contributed by atoms with E-state index in [0.717, 1.165) is 28.5 Å². The van der Waals surface area contributed by atoms with Crippen LogP contribution in [0.4, 0.5) is 5.69 Å². The van der Waals surface area contributed by atoms with Crippen molar-refractivity contribution in [2.75, 3.05) is 12.4 Å². The molecule has 1 N–H and O–H groups in total. The minimum atomic E-state index is -0.363. The van der Waals surface area contributed by atoms with Gasteiger partial charge in [0.1, 0.15) is 16.9 Å². The molecule has 148 valence electrons. The van der Waals surface area contributed by atoms with Gasteiger partial charge >= 0.3 is 0 Å². The number of carbonyl (C=O) groups is 1. The minimum Gasteiger partial charge on any atom is -0.495 e. The molecular formula is C24H25N2O3+. The lowest BCUT2D eigenvalue weighted by Gasteiger charge is -2.13. The van der Waals surface area contributed by atoms with Gasteiger partial charge < -0.3 is 14.5 Å². The predicted octanol–water partition coefficient (Wildman–Crippen LogP) is 4.95. The minimum absolute atomic E-state index is 0.111. The fourth-order valence-electron chi connectivity index (χ4n) is 3.65. The van der Waals surface area contributed by atoms with Gasteiger partial charge in [0.2, 0.25) is 6.04 Å². The van der Waals surface area contributed by atoms with Gasteiger partial charge in [-0.3, -0.25) is 4.79 Å². The summed E-state index contributed by atoms with van der Waals surface area (Å²) in [6.07, 6.45) is 2.96. The van der Waals surface area contributed by atoms with E-state index in [0.29, 0.717) is 17.0 Å². The summed E-state index contributed by atoms with van der Waals surface area (Å²) in [6, 6.07) is 15.4. The fraction of sp³-hybridized carbons (Fsp3) is 0.250. The molecular weight excluding hydrogens is 364 g/mol. The summed E-state index contributed by atoms with van der Waals surface area (Å²) < 4.78 is 13.5. The largest absolute Gasteiger partial charge is 0.495 e. The summed E-state index contributed by atoms with van der Waals surface area (Å²) in [5.41, 5.74) is 4.35. The van der Waals surface area contributed by atoms with Gasteiger partial charge in [0.15, 0.2) is 11.9 Å². The fourth-order valence-corrected chi connectivity index (χ4v) is 3.65. The highest BCUT2D eigenvalue weighted by atomic mass is 16.5. The molecule has 0 aliphatic rings. The average molecular weight is 389 g/mol.